The lowest BCUT2D eigenvalue weighted by Crippen LogP contribution is -2.58. The van der Waals surface area contributed by atoms with E-state index >= 15 is 0 Å². The summed E-state index contributed by atoms with van der Waals surface area (Å²) in [6.45, 7) is 3.04. The average molecular weight is 448 g/mol. The van der Waals surface area contributed by atoms with Gasteiger partial charge in [0.05, 0.1) is 6.04 Å². The molecule has 0 aliphatic heterocycles. The number of rotatable bonds is 15. The molecule has 0 aliphatic rings. The Labute approximate surface area is 180 Å². The summed E-state index contributed by atoms with van der Waals surface area (Å²) in [7, 11) is 0. The van der Waals surface area contributed by atoms with Crippen LogP contribution in [0.1, 0.15) is 39.5 Å². The van der Waals surface area contributed by atoms with Gasteiger partial charge in [0.15, 0.2) is 0 Å². The smallest absolute Gasteiger partial charge is 0.322 e. The minimum atomic E-state index is -1.20. The molecule has 0 aromatic heterocycles. The van der Waals surface area contributed by atoms with E-state index in [1.165, 1.54) is 11.8 Å². The number of carbonyl (C=O) groups is 5. The van der Waals surface area contributed by atoms with Crippen molar-refractivity contribution in [3.8, 4) is 0 Å². The maximum absolute atomic E-state index is 12.8. The van der Waals surface area contributed by atoms with Crippen molar-refractivity contribution < 1.29 is 29.1 Å². The molecule has 0 aromatic carbocycles. The number of aliphatic carboxylic acids is 1. The van der Waals surface area contributed by atoms with Crippen LogP contribution >= 0.6 is 11.8 Å². The Bertz CT molecular complexity index is 618. The predicted octanol–water partition coefficient (Wildman–Crippen LogP) is -1.45. The zero-order valence-corrected chi connectivity index (χ0v) is 18.4. The van der Waals surface area contributed by atoms with Gasteiger partial charge in [-0.3, -0.25) is 24.0 Å². The number of primary amides is 1. The highest BCUT2D eigenvalue weighted by Gasteiger charge is 2.31. The van der Waals surface area contributed by atoms with Crippen LogP contribution in [-0.4, -0.2) is 71.4 Å². The molecule has 0 saturated heterocycles. The standard InChI is InChI=1S/C18H33N5O6S/c1-4-10(2)15(23-16(27)11(19)5-6-13(20)24)18(29)22-12(7-8-30-3)17(28)21-9-14(25)26/h10-12,15H,4-9,19H2,1-3H3,(H2,20,24)(H,21,28)(H,22,29)(H,23,27)(H,25,26). The van der Waals surface area contributed by atoms with Crippen molar-refractivity contribution in [1.82, 2.24) is 16.0 Å². The van der Waals surface area contributed by atoms with Gasteiger partial charge in [0, 0.05) is 6.42 Å². The van der Waals surface area contributed by atoms with E-state index in [0.29, 0.717) is 12.2 Å². The second-order valence-electron chi connectivity index (χ2n) is 6.94. The molecular formula is C18H33N5O6S. The van der Waals surface area contributed by atoms with Gasteiger partial charge in [-0.05, 0) is 30.8 Å². The number of nitrogens with two attached hydrogens (primary N) is 2. The fourth-order valence-electron chi connectivity index (χ4n) is 2.44. The first-order valence-electron chi connectivity index (χ1n) is 9.66. The van der Waals surface area contributed by atoms with Gasteiger partial charge in [0.25, 0.3) is 0 Å². The van der Waals surface area contributed by atoms with Crippen LogP contribution in [0.25, 0.3) is 0 Å². The molecule has 0 saturated carbocycles. The molecule has 4 unspecified atom stereocenters. The second-order valence-corrected chi connectivity index (χ2v) is 7.92. The van der Waals surface area contributed by atoms with Gasteiger partial charge in [-0.2, -0.15) is 11.8 Å². The average Bonchev–Trinajstić information content (AvgIpc) is 2.70. The minimum absolute atomic E-state index is 0.0456. The Hall–Kier alpha value is -2.34. The first-order valence-corrected chi connectivity index (χ1v) is 11.1. The van der Waals surface area contributed by atoms with Crippen LogP contribution in [0.3, 0.4) is 0 Å². The lowest BCUT2D eigenvalue weighted by molar-refractivity contribution is -0.138. The lowest BCUT2D eigenvalue weighted by Gasteiger charge is -2.27. The third-order valence-electron chi connectivity index (χ3n) is 4.49. The third-order valence-corrected chi connectivity index (χ3v) is 5.13. The largest absolute Gasteiger partial charge is 0.480 e. The fourth-order valence-corrected chi connectivity index (χ4v) is 2.91. The number of amides is 4. The number of nitrogens with one attached hydrogen (secondary N) is 3. The molecule has 0 bridgehead atoms. The van der Waals surface area contributed by atoms with E-state index < -0.39 is 54.3 Å². The van der Waals surface area contributed by atoms with Crippen molar-refractivity contribution in [2.24, 2.45) is 17.4 Å². The van der Waals surface area contributed by atoms with Crippen molar-refractivity contribution in [3.63, 3.8) is 0 Å². The first-order chi connectivity index (χ1) is 14.0. The SMILES string of the molecule is CCC(C)C(NC(=O)C(N)CCC(N)=O)C(=O)NC(CCSC)C(=O)NCC(=O)O. The first kappa shape index (κ1) is 27.7. The summed E-state index contributed by atoms with van der Waals surface area (Å²) in [5.41, 5.74) is 10.8. The van der Waals surface area contributed by atoms with Crippen LogP contribution in [0, 0.1) is 5.92 Å². The summed E-state index contributed by atoms with van der Waals surface area (Å²) in [5, 5.41) is 16.2. The quantitative estimate of drug-likeness (QED) is 0.175. The second kappa shape index (κ2) is 14.6. The Balaban J connectivity index is 5.22. The number of carboxylic acid groups (broad SMARTS) is 1. The molecule has 12 heteroatoms. The van der Waals surface area contributed by atoms with E-state index in [1.807, 2.05) is 13.2 Å². The number of carboxylic acids is 1. The number of hydrogen-bond acceptors (Lipinski definition) is 7. The van der Waals surface area contributed by atoms with Crippen molar-refractivity contribution in [1.29, 1.82) is 0 Å². The van der Waals surface area contributed by atoms with E-state index in [2.05, 4.69) is 16.0 Å². The van der Waals surface area contributed by atoms with Gasteiger partial charge in [-0.25, -0.2) is 0 Å². The summed E-state index contributed by atoms with van der Waals surface area (Å²) in [6, 6.07) is -2.91. The third kappa shape index (κ3) is 11.0. The van der Waals surface area contributed by atoms with Crippen LogP contribution in [0.15, 0.2) is 0 Å². The van der Waals surface area contributed by atoms with E-state index in [1.54, 1.807) is 6.92 Å². The summed E-state index contributed by atoms with van der Waals surface area (Å²) >= 11 is 1.47. The predicted molar refractivity (Wildman–Crippen MR) is 113 cm³/mol. The van der Waals surface area contributed by atoms with E-state index in [9.17, 15) is 24.0 Å². The molecule has 4 amide bonds. The molecule has 8 N–H and O–H groups in total. The Morgan fingerprint density at radius 2 is 1.67 bits per heavy atom. The molecule has 4 atom stereocenters. The summed E-state index contributed by atoms with van der Waals surface area (Å²) in [4.78, 5) is 59.0. The maximum Gasteiger partial charge on any atom is 0.322 e. The van der Waals surface area contributed by atoms with Crippen molar-refractivity contribution >= 4 is 41.4 Å². The molecule has 0 spiro atoms. The molecule has 30 heavy (non-hydrogen) atoms. The molecule has 11 nitrogen and oxygen atoms in total. The summed E-state index contributed by atoms with van der Waals surface area (Å²) in [5.74, 6) is -3.28. The van der Waals surface area contributed by atoms with Crippen LogP contribution in [-0.2, 0) is 24.0 Å². The fraction of sp³-hybridized carbons (Fsp3) is 0.722. The molecule has 0 rings (SSSR count). The van der Waals surface area contributed by atoms with Gasteiger partial charge >= 0.3 is 5.97 Å². The van der Waals surface area contributed by atoms with Crippen LogP contribution in [0.2, 0.25) is 0 Å². The Kier molecular flexibility index (Phi) is 13.5. The monoisotopic (exact) mass is 447 g/mol. The molecule has 172 valence electrons. The zero-order chi connectivity index (χ0) is 23.3. The maximum atomic E-state index is 12.8. The van der Waals surface area contributed by atoms with E-state index in [-0.39, 0.29) is 25.2 Å². The molecule has 0 fully saturated rings. The van der Waals surface area contributed by atoms with Crippen molar-refractivity contribution in [2.75, 3.05) is 18.6 Å². The normalized spacial score (nSPS) is 14.7. The van der Waals surface area contributed by atoms with Crippen molar-refractivity contribution in [2.45, 2.75) is 57.7 Å². The highest BCUT2D eigenvalue weighted by Crippen LogP contribution is 2.10. The van der Waals surface area contributed by atoms with Crippen molar-refractivity contribution in [3.05, 3.63) is 0 Å². The zero-order valence-electron chi connectivity index (χ0n) is 17.6. The number of hydrogen-bond donors (Lipinski definition) is 6. The highest BCUT2D eigenvalue weighted by atomic mass is 32.2. The van der Waals surface area contributed by atoms with Gasteiger partial charge < -0.3 is 32.5 Å². The number of thioether (sulfide) groups is 1. The molecule has 0 radical (unpaired) electrons. The molecular weight excluding hydrogens is 414 g/mol. The van der Waals surface area contributed by atoms with Gasteiger partial charge in [0.1, 0.15) is 18.6 Å². The van der Waals surface area contributed by atoms with Gasteiger partial charge in [0.2, 0.25) is 23.6 Å². The van der Waals surface area contributed by atoms with Crippen LogP contribution in [0.5, 0.6) is 0 Å². The summed E-state index contributed by atoms with van der Waals surface area (Å²) in [6.07, 6.45) is 2.68. The van der Waals surface area contributed by atoms with Crippen LogP contribution < -0.4 is 27.4 Å². The number of carbonyl (C=O) groups excluding carboxylic acids is 4. The topological polar surface area (TPSA) is 194 Å². The molecule has 0 aliphatic carbocycles. The van der Waals surface area contributed by atoms with Gasteiger partial charge in [-0.15, -0.1) is 0 Å². The summed E-state index contributed by atoms with van der Waals surface area (Å²) < 4.78 is 0. The molecule has 0 aromatic rings. The lowest BCUT2D eigenvalue weighted by atomic mass is 9.97. The molecule has 0 heterocycles. The van der Waals surface area contributed by atoms with E-state index in [4.69, 9.17) is 16.6 Å². The van der Waals surface area contributed by atoms with Gasteiger partial charge in [-0.1, -0.05) is 20.3 Å². The Morgan fingerprint density at radius 3 is 2.17 bits per heavy atom. The van der Waals surface area contributed by atoms with E-state index in [0.717, 1.165) is 0 Å². The Morgan fingerprint density at radius 1 is 1.03 bits per heavy atom. The minimum Gasteiger partial charge on any atom is -0.480 e. The highest BCUT2D eigenvalue weighted by molar-refractivity contribution is 7.98. The van der Waals surface area contributed by atoms with Crippen LogP contribution in [0.4, 0.5) is 0 Å².